The number of halogens is 5. The first-order valence-electron chi connectivity index (χ1n) is 10.6. The highest BCUT2D eigenvalue weighted by Crippen LogP contribution is 2.53. The van der Waals surface area contributed by atoms with Crippen LogP contribution in [0.15, 0.2) is 61.9 Å². The summed E-state index contributed by atoms with van der Waals surface area (Å²) in [6, 6.07) is -0.506. The number of thioether (sulfide) groups is 1. The van der Waals surface area contributed by atoms with Gasteiger partial charge in [0.2, 0.25) is 0 Å². The summed E-state index contributed by atoms with van der Waals surface area (Å²) in [6.07, 6.45) is 1.58. The van der Waals surface area contributed by atoms with Crippen molar-refractivity contribution in [2.45, 2.75) is 57.8 Å². The van der Waals surface area contributed by atoms with Crippen LogP contribution >= 0.6 is 23.4 Å². The Kier molecular flexibility index (Phi) is 6.10. The lowest BCUT2D eigenvalue weighted by Gasteiger charge is -2.42. The number of carbonyl (C=O) groups is 1. The smallest absolute Gasteiger partial charge is 0.412 e. The Hall–Kier alpha value is -2.00. The highest BCUT2D eigenvalue weighted by molar-refractivity contribution is 8.18. The van der Waals surface area contributed by atoms with Gasteiger partial charge in [-0.25, -0.2) is 14.2 Å². The summed E-state index contributed by atoms with van der Waals surface area (Å²) in [5.74, 6) is -2.20. The fourth-order valence-corrected chi connectivity index (χ4v) is 6.42. The summed E-state index contributed by atoms with van der Waals surface area (Å²) >= 11 is 6.97. The molecule has 0 spiro atoms. The van der Waals surface area contributed by atoms with Crippen molar-refractivity contribution >= 4 is 34.5 Å². The molecular weight excluding hydrogens is 480 g/mol. The number of allylic oxidation sites excluding steroid dienone is 7. The lowest BCUT2D eigenvalue weighted by Crippen LogP contribution is -2.50. The average Bonchev–Trinajstić information content (AvgIpc) is 3.22. The van der Waals surface area contributed by atoms with Crippen molar-refractivity contribution in [3.63, 3.8) is 0 Å². The molecule has 1 N–H and O–H groups in total. The quantitative estimate of drug-likeness (QED) is 0.435. The topological polar surface area (TPSA) is 52.9 Å². The van der Waals surface area contributed by atoms with Gasteiger partial charge in [-0.05, 0) is 55.5 Å². The molecule has 0 saturated heterocycles. The van der Waals surface area contributed by atoms with E-state index < -0.39 is 41.0 Å². The predicted octanol–water partition coefficient (Wildman–Crippen LogP) is 6.69. The number of aliphatic carboxylic acids is 1. The first-order chi connectivity index (χ1) is 15.3. The molecule has 2 heterocycles. The molecule has 0 aromatic rings. The Balaban J connectivity index is 1.83. The van der Waals surface area contributed by atoms with E-state index >= 15 is 0 Å². The van der Waals surface area contributed by atoms with Crippen LogP contribution in [0.5, 0.6) is 0 Å². The number of nitrogens with zero attached hydrogens (tertiary/aromatic N) is 2. The van der Waals surface area contributed by atoms with E-state index in [1.54, 1.807) is 6.08 Å². The second-order valence-electron chi connectivity index (χ2n) is 8.98. The van der Waals surface area contributed by atoms with E-state index in [1.165, 1.54) is 12.2 Å². The van der Waals surface area contributed by atoms with Crippen LogP contribution in [0.4, 0.5) is 17.6 Å². The number of fused-ring (bicyclic) bond motifs is 1. The van der Waals surface area contributed by atoms with E-state index in [0.717, 1.165) is 17.8 Å². The Morgan fingerprint density at radius 2 is 2.03 bits per heavy atom. The molecule has 0 saturated carbocycles. The maximum atomic E-state index is 14.5. The number of aliphatic imine (C=N–C) groups is 1. The second kappa shape index (κ2) is 8.34. The molecule has 4 aliphatic rings. The van der Waals surface area contributed by atoms with Crippen LogP contribution in [-0.4, -0.2) is 38.9 Å². The molecule has 0 fully saturated rings. The van der Waals surface area contributed by atoms with E-state index in [1.807, 2.05) is 25.7 Å². The molecule has 3 atom stereocenters. The van der Waals surface area contributed by atoms with Crippen molar-refractivity contribution in [1.82, 2.24) is 4.90 Å². The van der Waals surface area contributed by atoms with E-state index in [4.69, 9.17) is 16.6 Å². The molecule has 1 unspecified atom stereocenters. The molecule has 33 heavy (non-hydrogen) atoms. The summed E-state index contributed by atoms with van der Waals surface area (Å²) in [4.78, 5) is 18.8. The fraction of sp³-hybridized carbons (Fsp3) is 0.478. The summed E-state index contributed by atoms with van der Waals surface area (Å²) in [5, 5.41) is 10.3. The van der Waals surface area contributed by atoms with Crippen LogP contribution in [0.25, 0.3) is 0 Å². The molecule has 0 aromatic heterocycles. The van der Waals surface area contributed by atoms with Crippen LogP contribution in [-0.2, 0) is 4.79 Å². The summed E-state index contributed by atoms with van der Waals surface area (Å²) in [6.45, 7) is 5.59. The van der Waals surface area contributed by atoms with Gasteiger partial charge in [0.05, 0.1) is 11.1 Å². The molecule has 4 rings (SSSR count). The normalized spacial score (nSPS) is 30.1. The van der Waals surface area contributed by atoms with E-state index in [9.17, 15) is 27.5 Å². The third-order valence-electron chi connectivity index (χ3n) is 6.54. The van der Waals surface area contributed by atoms with Gasteiger partial charge in [-0.2, -0.15) is 13.2 Å². The van der Waals surface area contributed by atoms with E-state index in [2.05, 4.69) is 0 Å². The number of rotatable bonds is 4. The van der Waals surface area contributed by atoms with Gasteiger partial charge in [-0.15, -0.1) is 0 Å². The average molecular weight is 503 g/mol. The summed E-state index contributed by atoms with van der Waals surface area (Å²) in [5.41, 5.74) is -0.268. The first-order valence-corrected chi connectivity index (χ1v) is 11.8. The molecule has 178 valence electrons. The van der Waals surface area contributed by atoms with Crippen LogP contribution in [0.2, 0.25) is 0 Å². The Bertz CT molecular complexity index is 1090. The number of carboxylic acids is 1. The zero-order chi connectivity index (χ0) is 24.3. The Morgan fingerprint density at radius 3 is 2.55 bits per heavy atom. The SMILES string of the molecule is CC(C)C1=C(C(=O)O)SC2=N[C@@](C)(C3=CC=C(C(F)(F)F)CC3)[C@@H](C3C=C(F)C(Cl)=CC3)N21. The zero-order valence-electron chi connectivity index (χ0n) is 18.2. The van der Waals surface area contributed by atoms with Gasteiger partial charge < -0.3 is 10.0 Å². The fourth-order valence-electron chi connectivity index (χ4n) is 5.02. The van der Waals surface area contributed by atoms with Crippen molar-refractivity contribution in [3.05, 3.63) is 56.9 Å². The van der Waals surface area contributed by atoms with Gasteiger partial charge in [0.15, 0.2) is 5.17 Å². The monoisotopic (exact) mass is 502 g/mol. The van der Waals surface area contributed by atoms with Gasteiger partial charge >= 0.3 is 12.1 Å². The zero-order valence-corrected chi connectivity index (χ0v) is 19.8. The van der Waals surface area contributed by atoms with Crippen molar-refractivity contribution in [1.29, 1.82) is 0 Å². The van der Waals surface area contributed by atoms with Gasteiger partial charge in [0.25, 0.3) is 0 Å². The third-order valence-corrected chi connectivity index (χ3v) is 7.93. The van der Waals surface area contributed by atoms with Gasteiger partial charge in [0, 0.05) is 17.2 Å². The van der Waals surface area contributed by atoms with Crippen LogP contribution in [0.1, 0.15) is 40.0 Å². The molecule has 4 nitrogen and oxygen atoms in total. The van der Waals surface area contributed by atoms with Crippen molar-refractivity contribution < 1.29 is 27.5 Å². The van der Waals surface area contributed by atoms with E-state index in [-0.39, 0.29) is 28.7 Å². The van der Waals surface area contributed by atoms with Crippen LogP contribution in [0, 0.1) is 11.8 Å². The van der Waals surface area contributed by atoms with Crippen molar-refractivity contribution in [2.24, 2.45) is 16.8 Å². The molecule has 0 bridgehead atoms. The molecule has 0 amide bonds. The Morgan fingerprint density at radius 1 is 1.33 bits per heavy atom. The number of amidine groups is 1. The maximum absolute atomic E-state index is 14.5. The maximum Gasteiger partial charge on any atom is 0.412 e. The van der Waals surface area contributed by atoms with Gasteiger partial charge in [0.1, 0.15) is 16.3 Å². The molecule has 10 heteroatoms. The minimum absolute atomic E-state index is 0.0170. The van der Waals surface area contributed by atoms with Crippen molar-refractivity contribution in [2.75, 3.05) is 0 Å². The number of hydrogen-bond acceptors (Lipinski definition) is 4. The van der Waals surface area contributed by atoms with Crippen LogP contribution < -0.4 is 0 Å². The summed E-state index contributed by atoms with van der Waals surface area (Å²) in [7, 11) is 0. The number of hydrogen-bond donors (Lipinski definition) is 1. The van der Waals surface area contributed by atoms with Crippen molar-refractivity contribution in [3.8, 4) is 0 Å². The molecule has 0 aromatic carbocycles. The van der Waals surface area contributed by atoms with Crippen LogP contribution in [0.3, 0.4) is 0 Å². The lowest BCUT2D eigenvalue weighted by atomic mass is 9.73. The Labute approximate surface area is 198 Å². The molecular formula is C23H23ClF4N2O2S. The van der Waals surface area contributed by atoms with Gasteiger partial charge in [-0.1, -0.05) is 43.7 Å². The number of carboxylic acid groups (broad SMARTS) is 1. The minimum atomic E-state index is -4.39. The number of alkyl halides is 3. The predicted molar refractivity (Wildman–Crippen MR) is 121 cm³/mol. The molecule has 2 aliphatic heterocycles. The molecule has 0 radical (unpaired) electrons. The largest absolute Gasteiger partial charge is 0.477 e. The summed E-state index contributed by atoms with van der Waals surface area (Å²) < 4.78 is 54.0. The highest BCUT2D eigenvalue weighted by atomic mass is 35.5. The minimum Gasteiger partial charge on any atom is -0.477 e. The second-order valence-corrected chi connectivity index (χ2v) is 10.4. The van der Waals surface area contributed by atoms with Gasteiger partial charge in [-0.3, -0.25) is 0 Å². The lowest BCUT2D eigenvalue weighted by molar-refractivity contribution is -0.131. The third kappa shape index (κ3) is 4.07. The van der Waals surface area contributed by atoms with E-state index in [0.29, 0.717) is 22.9 Å². The molecule has 2 aliphatic carbocycles. The standard InChI is InChI=1S/C23H23ClF4N2O2S/c1-11(2)17-18(20(31)32)33-21-29-22(3,13-5-7-14(8-6-13)23(26,27)28)19(30(17)21)12-4-9-15(24)16(25)10-12/h5,7,9-12,19H,4,6,8H2,1-3H3,(H,31,32)/t12?,19-,22+/m1/s1. The first kappa shape index (κ1) is 24.1. The highest BCUT2D eigenvalue weighted by Gasteiger charge is 2.55.